The second-order valence-electron chi connectivity index (χ2n) is 6.01. The topological polar surface area (TPSA) is 91.3 Å². The van der Waals surface area contributed by atoms with Gasteiger partial charge >= 0.3 is 0 Å². The van der Waals surface area contributed by atoms with E-state index in [2.05, 4.69) is 15.8 Å². The maximum atomic E-state index is 12.5. The Hall–Kier alpha value is -3.93. The molecule has 3 aromatic carbocycles. The standard InChI is InChI=1S/C21H15N3O3/c25-18-12-15-6-2-1-5-14(15)11-17(18)21(27)24-23-20(26)16-9-3-7-13-8-4-10-22-19(13)16/h1-12,25H,(H,23,26)(H,24,27). The molecule has 4 rings (SSSR count). The van der Waals surface area contributed by atoms with E-state index in [-0.39, 0.29) is 11.3 Å². The maximum absolute atomic E-state index is 12.5. The highest BCUT2D eigenvalue weighted by Gasteiger charge is 2.15. The van der Waals surface area contributed by atoms with Crippen molar-refractivity contribution in [2.45, 2.75) is 0 Å². The molecule has 0 aliphatic heterocycles. The SMILES string of the molecule is O=C(NNC(=O)c1cccc2cccnc12)c1cc2ccccc2cc1O. The third-order valence-electron chi connectivity index (χ3n) is 4.28. The Kier molecular flexibility index (Phi) is 4.14. The Morgan fingerprint density at radius 1 is 0.741 bits per heavy atom. The lowest BCUT2D eigenvalue weighted by Crippen LogP contribution is -2.41. The third-order valence-corrected chi connectivity index (χ3v) is 4.28. The number of aromatic nitrogens is 1. The van der Waals surface area contributed by atoms with Crippen LogP contribution in [0.5, 0.6) is 5.75 Å². The number of carbonyl (C=O) groups excluding carboxylic acids is 2. The van der Waals surface area contributed by atoms with Crippen LogP contribution < -0.4 is 10.9 Å². The van der Waals surface area contributed by atoms with E-state index in [9.17, 15) is 14.7 Å². The van der Waals surface area contributed by atoms with Gasteiger partial charge in [0.05, 0.1) is 16.6 Å². The second kappa shape index (κ2) is 6.76. The predicted octanol–water partition coefficient (Wildman–Crippen LogP) is 3.17. The summed E-state index contributed by atoms with van der Waals surface area (Å²) >= 11 is 0. The van der Waals surface area contributed by atoms with Crippen molar-refractivity contribution >= 4 is 33.5 Å². The average Bonchev–Trinajstić information content (AvgIpc) is 2.70. The summed E-state index contributed by atoms with van der Waals surface area (Å²) in [5.41, 5.74) is 5.68. The predicted molar refractivity (Wildman–Crippen MR) is 102 cm³/mol. The Balaban J connectivity index is 1.55. The van der Waals surface area contributed by atoms with Crippen molar-refractivity contribution in [3.05, 3.63) is 84.1 Å². The number of rotatable bonds is 2. The number of para-hydroxylation sites is 1. The fourth-order valence-corrected chi connectivity index (χ4v) is 2.95. The van der Waals surface area contributed by atoms with E-state index in [1.165, 1.54) is 6.07 Å². The third kappa shape index (κ3) is 3.16. The molecule has 1 heterocycles. The van der Waals surface area contributed by atoms with Gasteiger partial charge < -0.3 is 5.11 Å². The van der Waals surface area contributed by atoms with Crippen LogP contribution in [0.4, 0.5) is 0 Å². The minimum atomic E-state index is -0.611. The van der Waals surface area contributed by atoms with Gasteiger partial charge in [-0.1, -0.05) is 42.5 Å². The van der Waals surface area contributed by atoms with E-state index < -0.39 is 11.8 Å². The van der Waals surface area contributed by atoms with Crippen molar-refractivity contribution in [1.82, 2.24) is 15.8 Å². The largest absolute Gasteiger partial charge is 0.507 e. The Morgan fingerprint density at radius 3 is 2.15 bits per heavy atom. The highest BCUT2D eigenvalue weighted by Crippen LogP contribution is 2.24. The van der Waals surface area contributed by atoms with E-state index in [1.54, 1.807) is 30.5 Å². The molecule has 4 aromatic rings. The van der Waals surface area contributed by atoms with Crippen molar-refractivity contribution in [3.63, 3.8) is 0 Å². The van der Waals surface area contributed by atoms with E-state index in [1.807, 2.05) is 36.4 Å². The lowest BCUT2D eigenvalue weighted by Gasteiger charge is -2.10. The highest BCUT2D eigenvalue weighted by molar-refractivity contribution is 6.07. The van der Waals surface area contributed by atoms with Crippen LogP contribution >= 0.6 is 0 Å². The average molecular weight is 357 g/mol. The zero-order valence-corrected chi connectivity index (χ0v) is 14.1. The molecule has 2 amide bonds. The Bertz CT molecular complexity index is 1180. The molecule has 0 saturated heterocycles. The highest BCUT2D eigenvalue weighted by atomic mass is 16.3. The molecule has 132 valence electrons. The number of phenolic OH excluding ortho intramolecular Hbond substituents is 1. The summed E-state index contributed by atoms with van der Waals surface area (Å²) in [6.07, 6.45) is 1.60. The van der Waals surface area contributed by atoms with Crippen LogP contribution in [0.1, 0.15) is 20.7 Å². The first-order valence-corrected chi connectivity index (χ1v) is 8.30. The number of hydrogen-bond acceptors (Lipinski definition) is 4. The van der Waals surface area contributed by atoms with E-state index in [0.29, 0.717) is 11.1 Å². The second-order valence-corrected chi connectivity index (χ2v) is 6.01. The van der Waals surface area contributed by atoms with Gasteiger partial charge in [0, 0.05) is 11.6 Å². The molecule has 0 bridgehead atoms. The molecule has 27 heavy (non-hydrogen) atoms. The number of phenols is 1. The molecule has 6 nitrogen and oxygen atoms in total. The number of carbonyl (C=O) groups is 2. The zero-order valence-electron chi connectivity index (χ0n) is 14.1. The summed E-state index contributed by atoms with van der Waals surface area (Å²) in [6.45, 7) is 0. The molecule has 0 unspecified atom stereocenters. The van der Waals surface area contributed by atoms with E-state index >= 15 is 0 Å². The van der Waals surface area contributed by atoms with Gasteiger partial charge in [-0.2, -0.15) is 0 Å². The van der Waals surface area contributed by atoms with Gasteiger partial charge in [0.15, 0.2) is 0 Å². The molecule has 0 spiro atoms. The number of nitrogens with one attached hydrogen (secondary N) is 2. The number of nitrogens with zero attached hydrogens (tertiary/aromatic N) is 1. The molecular formula is C21H15N3O3. The summed E-state index contributed by atoms with van der Waals surface area (Å²) < 4.78 is 0. The van der Waals surface area contributed by atoms with E-state index in [0.717, 1.165) is 16.2 Å². The summed E-state index contributed by atoms with van der Waals surface area (Å²) in [5.74, 6) is -1.26. The maximum Gasteiger partial charge on any atom is 0.273 e. The molecular weight excluding hydrogens is 342 g/mol. The molecule has 0 fully saturated rings. The van der Waals surface area contributed by atoms with Gasteiger partial charge in [-0.15, -0.1) is 0 Å². The monoisotopic (exact) mass is 357 g/mol. The number of amides is 2. The van der Waals surface area contributed by atoms with Gasteiger partial charge in [0.1, 0.15) is 5.75 Å². The van der Waals surface area contributed by atoms with Gasteiger partial charge in [0.25, 0.3) is 11.8 Å². The summed E-state index contributed by atoms with van der Waals surface area (Å²) in [4.78, 5) is 29.1. The van der Waals surface area contributed by atoms with Crippen molar-refractivity contribution in [2.24, 2.45) is 0 Å². The Morgan fingerprint density at radius 2 is 1.37 bits per heavy atom. The Labute approximate surface area is 154 Å². The fraction of sp³-hybridized carbons (Fsp3) is 0. The number of hydrogen-bond donors (Lipinski definition) is 3. The van der Waals surface area contributed by atoms with Crippen LogP contribution in [0, 0.1) is 0 Å². The molecule has 0 aliphatic carbocycles. The van der Waals surface area contributed by atoms with E-state index in [4.69, 9.17) is 0 Å². The number of benzene rings is 3. The first-order chi connectivity index (χ1) is 13.1. The lowest BCUT2D eigenvalue weighted by atomic mass is 10.1. The van der Waals surface area contributed by atoms with Crippen molar-refractivity contribution in [1.29, 1.82) is 0 Å². The zero-order chi connectivity index (χ0) is 18.8. The van der Waals surface area contributed by atoms with Crippen LogP contribution in [0.2, 0.25) is 0 Å². The van der Waals surface area contributed by atoms with Crippen LogP contribution in [-0.4, -0.2) is 21.9 Å². The number of fused-ring (bicyclic) bond motifs is 2. The minimum Gasteiger partial charge on any atom is -0.507 e. The molecule has 6 heteroatoms. The summed E-state index contributed by atoms with van der Waals surface area (Å²) in [5, 5.41) is 12.6. The van der Waals surface area contributed by atoms with Gasteiger partial charge in [-0.3, -0.25) is 25.4 Å². The number of aromatic hydroxyl groups is 1. The van der Waals surface area contributed by atoms with Crippen molar-refractivity contribution in [3.8, 4) is 5.75 Å². The van der Waals surface area contributed by atoms with Crippen molar-refractivity contribution < 1.29 is 14.7 Å². The number of pyridine rings is 1. The summed E-state index contributed by atoms with van der Waals surface area (Å²) in [7, 11) is 0. The van der Waals surface area contributed by atoms with Crippen LogP contribution in [0.3, 0.4) is 0 Å². The quantitative estimate of drug-likeness (QED) is 0.481. The van der Waals surface area contributed by atoms with Crippen LogP contribution in [-0.2, 0) is 0 Å². The minimum absolute atomic E-state index is 0.0741. The molecule has 0 radical (unpaired) electrons. The molecule has 0 atom stereocenters. The van der Waals surface area contributed by atoms with Crippen LogP contribution in [0.15, 0.2) is 72.9 Å². The molecule has 0 saturated carbocycles. The fourth-order valence-electron chi connectivity index (χ4n) is 2.95. The van der Waals surface area contributed by atoms with Crippen molar-refractivity contribution in [2.75, 3.05) is 0 Å². The van der Waals surface area contributed by atoms with Gasteiger partial charge in [0.2, 0.25) is 0 Å². The first kappa shape index (κ1) is 16.5. The smallest absolute Gasteiger partial charge is 0.273 e. The van der Waals surface area contributed by atoms with Gasteiger partial charge in [-0.25, -0.2) is 0 Å². The van der Waals surface area contributed by atoms with Gasteiger partial charge in [-0.05, 0) is 35.0 Å². The molecule has 3 N–H and O–H groups in total. The number of hydrazine groups is 1. The molecule has 0 aliphatic rings. The first-order valence-electron chi connectivity index (χ1n) is 8.30. The van der Waals surface area contributed by atoms with Crippen LogP contribution in [0.25, 0.3) is 21.7 Å². The summed E-state index contributed by atoms with van der Waals surface area (Å²) in [6, 6.07) is 19.3. The molecule has 1 aromatic heterocycles. The normalized spacial score (nSPS) is 10.7. The lowest BCUT2D eigenvalue weighted by molar-refractivity contribution is 0.0846.